The molecule has 3 aliphatic rings. The maximum atomic E-state index is 13.9. The highest BCUT2D eigenvalue weighted by molar-refractivity contribution is 6.32. The Bertz CT molecular complexity index is 1510. The fourth-order valence-corrected chi connectivity index (χ4v) is 7.03. The van der Waals surface area contributed by atoms with E-state index in [1.54, 1.807) is 27.1 Å². The molecule has 3 aliphatic carbocycles. The summed E-state index contributed by atoms with van der Waals surface area (Å²) in [4.78, 5) is 79.8. The number of carbonyl (C=O) groups is 6. The first-order valence-corrected chi connectivity index (χ1v) is 13.6. The second-order valence-electron chi connectivity index (χ2n) is 11.5. The molecule has 1 amide bonds. The number of aliphatic hydroxyl groups is 1. The first-order chi connectivity index (χ1) is 19.3. The molecule has 2 aromatic rings. The van der Waals surface area contributed by atoms with Crippen LogP contribution in [-0.2, 0) is 36.8 Å². The van der Waals surface area contributed by atoms with Gasteiger partial charge in [-0.25, -0.2) is 0 Å². The Morgan fingerprint density at radius 1 is 1.02 bits per heavy atom. The summed E-state index contributed by atoms with van der Waals surface area (Å²) in [7, 11) is 3.09. The third-order valence-corrected chi connectivity index (χ3v) is 9.01. The Kier molecular flexibility index (Phi) is 7.03. The maximum absolute atomic E-state index is 13.9. The fourth-order valence-electron chi connectivity index (χ4n) is 7.03. The summed E-state index contributed by atoms with van der Waals surface area (Å²) < 4.78 is 0. The summed E-state index contributed by atoms with van der Waals surface area (Å²) in [5.74, 6) is -10.7. The Labute approximate surface area is 236 Å². The van der Waals surface area contributed by atoms with Crippen LogP contribution < -0.4 is 5.73 Å². The highest BCUT2D eigenvalue weighted by Crippen LogP contribution is 2.51. The number of benzene rings is 2. The van der Waals surface area contributed by atoms with Crippen molar-refractivity contribution in [3.63, 3.8) is 0 Å². The number of phenolic OH excluding ortho intramolecular Hbond substituents is 1. The van der Waals surface area contributed by atoms with Gasteiger partial charge in [0, 0.05) is 18.8 Å². The lowest BCUT2D eigenvalue weighted by Crippen LogP contribution is -2.74. The van der Waals surface area contributed by atoms with Gasteiger partial charge in [0.1, 0.15) is 11.5 Å². The molecule has 2 aromatic carbocycles. The quantitative estimate of drug-likeness (QED) is 0.437. The number of nitrogens with two attached hydrogens (primary N) is 1. The molecule has 10 nitrogen and oxygen atoms in total. The normalized spacial score (nSPS) is 29.1. The highest BCUT2D eigenvalue weighted by Gasteiger charge is 2.69. The first-order valence-electron chi connectivity index (χ1n) is 13.6. The van der Waals surface area contributed by atoms with Gasteiger partial charge in [0.15, 0.2) is 34.7 Å². The van der Waals surface area contributed by atoms with Crippen molar-refractivity contribution < 1.29 is 39.0 Å². The summed E-state index contributed by atoms with van der Waals surface area (Å²) in [5, 5.41) is 22.4. The van der Waals surface area contributed by atoms with Gasteiger partial charge in [-0.05, 0) is 61.2 Å². The summed E-state index contributed by atoms with van der Waals surface area (Å²) in [6, 6.07) is 9.21. The minimum atomic E-state index is -2.75. The van der Waals surface area contributed by atoms with Crippen LogP contribution in [0.1, 0.15) is 41.3 Å². The monoisotopic (exact) mass is 560 g/mol. The molecule has 0 aromatic heterocycles. The van der Waals surface area contributed by atoms with Gasteiger partial charge in [0.25, 0.3) is 0 Å². The smallest absolute Gasteiger partial charge is 0.235 e. The number of Topliss-reactive ketones (excluding diaryl/α,β-unsaturated/α-hetero) is 5. The minimum absolute atomic E-state index is 0.0168. The predicted molar refractivity (Wildman–Crippen MR) is 146 cm³/mol. The van der Waals surface area contributed by atoms with Crippen LogP contribution in [-0.4, -0.2) is 75.7 Å². The van der Waals surface area contributed by atoms with Crippen molar-refractivity contribution in [1.82, 2.24) is 4.90 Å². The maximum Gasteiger partial charge on any atom is 0.235 e. The van der Waals surface area contributed by atoms with Crippen molar-refractivity contribution >= 4 is 34.8 Å². The van der Waals surface area contributed by atoms with Crippen molar-refractivity contribution in [1.29, 1.82) is 0 Å². The molecule has 4 N–H and O–H groups in total. The van der Waals surface area contributed by atoms with Gasteiger partial charge in [-0.2, -0.15) is 0 Å². The molecule has 0 aliphatic heterocycles. The molecular weight excluding hydrogens is 528 g/mol. The zero-order valence-electron chi connectivity index (χ0n) is 23.0. The van der Waals surface area contributed by atoms with E-state index in [2.05, 4.69) is 0 Å². The van der Waals surface area contributed by atoms with Gasteiger partial charge in [0.05, 0.1) is 17.5 Å². The number of nitrogens with zero attached hydrogens (tertiary/aromatic N) is 1. The number of hydrogen-bond donors (Lipinski definition) is 3. The van der Waals surface area contributed by atoms with Crippen LogP contribution in [0.4, 0.5) is 0 Å². The number of amides is 1. The molecule has 0 saturated heterocycles. The number of phenols is 1. The first kappa shape index (κ1) is 28.5. The van der Waals surface area contributed by atoms with Crippen LogP contribution in [0.2, 0.25) is 0 Å². The Morgan fingerprint density at radius 3 is 2.27 bits per heavy atom. The summed E-state index contributed by atoms with van der Waals surface area (Å²) in [6.07, 6.45) is 0.894. The lowest BCUT2D eigenvalue weighted by Gasteiger charge is -2.52. The van der Waals surface area contributed by atoms with Gasteiger partial charge in [-0.15, -0.1) is 0 Å². The van der Waals surface area contributed by atoms with Gasteiger partial charge in [0.2, 0.25) is 5.91 Å². The number of carbonyl (C=O) groups excluding carboxylic acids is 6. The average molecular weight is 561 g/mol. The number of likely N-dealkylation sites (N-methyl/N-ethyl adjacent to an activating group) is 1. The van der Waals surface area contributed by atoms with Crippen LogP contribution in [0.5, 0.6) is 5.75 Å². The topological polar surface area (TPSA) is 172 Å². The van der Waals surface area contributed by atoms with E-state index in [0.717, 1.165) is 11.1 Å². The van der Waals surface area contributed by atoms with Crippen molar-refractivity contribution in [2.45, 2.75) is 44.2 Å². The zero-order chi connectivity index (χ0) is 30.0. The van der Waals surface area contributed by atoms with Crippen molar-refractivity contribution in [2.75, 3.05) is 14.1 Å². The lowest BCUT2D eigenvalue weighted by molar-refractivity contribution is -0.181. The molecule has 0 radical (unpaired) electrons. The number of primary amides is 1. The number of aromatic hydroxyl groups is 1. The predicted octanol–water partition coefficient (Wildman–Crippen LogP) is 1.06. The van der Waals surface area contributed by atoms with E-state index >= 15 is 0 Å². The standard InChI is InChI=1S/C31H32N2O8/c1-4-17(34)11-14-5-7-15(8-6-14)18-9-10-21(35)23-19(18)12-16-13-20-25(33(2)3)27(37)24(30(32)40)29(39)31(20,41)28(38)22(16)26(23)36/h5-10,16,20,22,24-25,35,41H,4,11-13H2,1-3H3,(H2,32,40)/t16-,20-,22?,24?,25-,31-/m1/s1. The lowest BCUT2D eigenvalue weighted by atomic mass is 9.52. The van der Waals surface area contributed by atoms with Crippen molar-refractivity contribution in [3.05, 3.63) is 53.1 Å². The molecule has 214 valence electrons. The van der Waals surface area contributed by atoms with Crippen molar-refractivity contribution in [3.8, 4) is 16.9 Å². The van der Waals surface area contributed by atoms with Crippen LogP contribution in [0.3, 0.4) is 0 Å². The van der Waals surface area contributed by atoms with Crippen LogP contribution >= 0.6 is 0 Å². The number of ketones is 5. The Hall–Kier alpha value is -4.02. The number of fused-ring (bicyclic) bond motifs is 3. The Morgan fingerprint density at radius 2 is 1.68 bits per heavy atom. The van der Waals surface area contributed by atoms with Crippen LogP contribution in [0.25, 0.3) is 11.1 Å². The molecule has 0 heterocycles. The largest absolute Gasteiger partial charge is 0.507 e. The summed E-state index contributed by atoms with van der Waals surface area (Å²) in [5.41, 5.74) is 5.33. The third-order valence-electron chi connectivity index (χ3n) is 9.01. The molecule has 0 spiro atoms. The van der Waals surface area contributed by atoms with E-state index in [4.69, 9.17) is 5.73 Å². The number of rotatable bonds is 6. The van der Waals surface area contributed by atoms with E-state index in [9.17, 15) is 39.0 Å². The van der Waals surface area contributed by atoms with Crippen LogP contribution in [0.15, 0.2) is 36.4 Å². The molecule has 10 heteroatoms. The molecule has 6 atom stereocenters. The highest BCUT2D eigenvalue weighted by atomic mass is 16.3. The molecular formula is C31H32N2O8. The van der Waals surface area contributed by atoms with Gasteiger partial charge < -0.3 is 15.9 Å². The molecule has 2 saturated carbocycles. The molecule has 2 fully saturated rings. The van der Waals surface area contributed by atoms with E-state index in [0.29, 0.717) is 24.0 Å². The molecule has 5 rings (SSSR count). The van der Waals surface area contributed by atoms with Crippen molar-refractivity contribution in [2.24, 2.45) is 29.4 Å². The van der Waals surface area contributed by atoms with E-state index in [1.165, 1.54) is 11.0 Å². The molecule has 41 heavy (non-hydrogen) atoms. The third kappa shape index (κ3) is 4.24. The summed E-state index contributed by atoms with van der Waals surface area (Å²) >= 11 is 0. The minimum Gasteiger partial charge on any atom is -0.507 e. The van der Waals surface area contributed by atoms with Crippen LogP contribution in [0, 0.1) is 23.7 Å². The van der Waals surface area contributed by atoms with Gasteiger partial charge >= 0.3 is 0 Å². The van der Waals surface area contributed by atoms with Gasteiger partial charge in [-0.1, -0.05) is 37.3 Å². The number of hydrogen-bond acceptors (Lipinski definition) is 9. The second-order valence-corrected chi connectivity index (χ2v) is 11.5. The van der Waals surface area contributed by atoms with Gasteiger partial charge in [-0.3, -0.25) is 33.7 Å². The zero-order valence-corrected chi connectivity index (χ0v) is 23.0. The Balaban J connectivity index is 1.59. The average Bonchev–Trinajstić information content (AvgIpc) is 2.91. The second kappa shape index (κ2) is 10.1. The molecule has 0 bridgehead atoms. The van der Waals surface area contributed by atoms with E-state index < -0.39 is 64.4 Å². The van der Waals surface area contributed by atoms with E-state index in [-0.39, 0.29) is 29.9 Å². The molecule has 2 unspecified atom stereocenters. The fraction of sp³-hybridized carbons (Fsp3) is 0.419. The van der Waals surface area contributed by atoms with E-state index in [1.807, 2.05) is 24.3 Å². The SMILES string of the molecule is CCC(=O)Cc1ccc(-c2ccc(O)c3c2C[C@@H]2C[C@@H]4[C@@H](N(C)C)C(=O)C(C(N)=O)C(=O)[C@]4(O)C(=O)C2C3=O)cc1. The summed E-state index contributed by atoms with van der Waals surface area (Å²) in [6.45, 7) is 1.80.